The van der Waals surface area contributed by atoms with E-state index in [0.29, 0.717) is 40.7 Å². The maximum atomic E-state index is 13.0. The number of hydrogen-bond acceptors (Lipinski definition) is 7. The quantitative estimate of drug-likeness (QED) is 0.295. The Bertz CT molecular complexity index is 1580. The van der Waals surface area contributed by atoms with Crippen LogP contribution in [0.4, 0.5) is 24.8 Å². The second-order valence-corrected chi connectivity index (χ2v) is 9.52. The van der Waals surface area contributed by atoms with Gasteiger partial charge in [-0.25, -0.2) is 19.6 Å². The van der Waals surface area contributed by atoms with E-state index in [1.807, 2.05) is 11.6 Å². The number of benzene rings is 1. The van der Waals surface area contributed by atoms with Crippen LogP contribution >= 0.6 is 0 Å². The maximum Gasteiger partial charge on any atom is 0.416 e. The van der Waals surface area contributed by atoms with Crippen molar-refractivity contribution in [3.63, 3.8) is 0 Å². The van der Waals surface area contributed by atoms with Gasteiger partial charge < -0.3 is 16.4 Å². The lowest BCUT2D eigenvalue weighted by molar-refractivity contribution is -0.137. The number of pyridine rings is 1. The molecule has 0 radical (unpaired) electrons. The third kappa shape index (κ3) is 5.74. The number of rotatable bonds is 6. The summed E-state index contributed by atoms with van der Waals surface area (Å²) in [7, 11) is 0. The van der Waals surface area contributed by atoms with Gasteiger partial charge in [0.15, 0.2) is 5.65 Å². The minimum Gasteiger partial charge on any atom is -0.383 e. The fourth-order valence-corrected chi connectivity index (χ4v) is 4.90. The molecule has 1 amide bonds. The number of nitrogens with one attached hydrogen (secondary N) is 2. The Morgan fingerprint density at radius 2 is 1.85 bits per heavy atom. The van der Waals surface area contributed by atoms with Gasteiger partial charge in [-0.15, -0.1) is 5.92 Å². The van der Waals surface area contributed by atoms with E-state index in [4.69, 9.17) is 10.8 Å². The van der Waals surface area contributed by atoms with Crippen LogP contribution < -0.4 is 16.4 Å². The molecule has 0 unspecified atom stereocenters. The van der Waals surface area contributed by atoms with Gasteiger partial charge in [-0.3, -0.25) is 4.79 Å². The molecule has 1 saturated carbocycles. The van der Waals surface area contributed by atoms with E-state index in [1.54, 1.807) is 24.3 Å². The SMILES string of the molecule is CC#CCNC1CCC(n2nc(-c3ccc(C(=O)Nc4cc(C(F)(F)F)ccn4)cc3)c3c(N)ncnc32)CC1. The molecule has 0 atom stereocenters. The number of carbonyl (C=O) groups excluding carboxylic acids is 1. The maximum absolute atomic E-state index is 13.0. The molecule has 12 heteroatoms. The molecule has 1 aromatic carbocycles. The molecule has 3 heterocycles. The van der Waals surface area contributed by atoms with Crippen molar-refractivity contribution in [1.29, 1.82) is 0 Å². The Kier molecular flexibility index (Phi) is 7.66. The van der Waals surface area contributed by atoms with E-state index in [-0.39, 0.29) is 17.4 Å². The van der Waals surface area contributed by atoms with Gasteiger partial charge in [-0.2, -0.15) is 18.3 Å². The fraction of sp³-hybridized carbons (Fsp3) is 0.321. The molecule has 9 nitrogen and oxygen atoms in total. The first-order valence-corrected chi connectivity index (χ1v) is 12.8. The second kappa shape index (κ2) is 11.3. The van der Waals surface area contributed by atoms with Crippen LogP contribution in [0.15, 0.2) is 48.9 Å². The highest BCUT2D eigenvalue weighted by Gasteiger charge is 2.31. The lowest BCUT2D eigenvalue weighted by Gasteiger charge is -2.29. The van der Waals surface area contributed by atoms with E-state index >= 15 is 0 Å². The van der Waals surface area contributed by atoms with E-state index < -0.39 is 17.6 Å². The number of nitrogen functional groups attached to an aromatic ring is 1. The molecule has 3 aromatic heterocycles. The van der Waals surface area contributed by atoms with Crippen LogP contribution in [0.3, 0.4) is 0 Å². The van der Waals surface area contributed by atoms with Gasteiger partial charge in [0, 0.05) is 23.4 Å². The zero-order chi connectivity index (χ0) is 28.3. The van der Waals surface area contributed by atoms with Crippen molar-refractivity contribution in [1.82, 2.24) is 30.0 Å². The van der Waals surface area contributed by atoms with Crippen molar-refractivity contribution in [3.8, 4) is 23.1 Å². The molecule has 0 saturated heterocycles. The summed E-state index contributed by atoms with van der Waals surface area (Å²) in [5, 5.41) is 11.4. The van der Waals surface area contributed by atoms with Gasteiger partial charge in [0.05, 0.1) is 23.5 Å². The molecule has 5 rings (SSSR count). The zero-order valence-electron chi connectivity index (χ0n) is 21.7. The summed E-state index contributed by atoms with van der Waals surface area (Å²) in [6.07, 6.45) is 1.68. The number of nitrogens with zero attached hydrogens (tertiary/aromatic N) is 5. The highest BCUT2D eigenvalue weighted by molar-refractivity contribution is 6.04. The van der Waals surface area contributed by atoms with Crippen molar-refractivity contribution in [2.75, 3.05) is 17.6 Å². The largest absolute Gasteiger partial charge is 0.416 e. The molecule has 4 aromatic rings. The third-order valence-electron chi connectivity index (χ3n) is 6.97. The van der Waals surface area contributed by atoms with E-state index in [2.05, 4.69) is 37.4 Å². The minimum absolute atomic E-state index is 0.144. The fourth-order valence-electron chi connectivity index (χ4n) is 4.90. The molecule has 4 N–H and O–H groups in total. The summed E-state index contributed by atoms with van der Waals surface area (Å²) >= 11 is 0. The first-order valence-electron chi connectivity index (χ1n) is 12.8. The molecule has 0 spiro atoms. The summed E-state index contributed by atoms with van der Waals surface area (Å²) < 4.78 is 40.9. The number of nitrogens with two attached hydrogens (primary N) is 1. The molecular weight excluding hydrogens is 521 g/mol. The van der Waals surface area contributed by atoms with Crippen LogP contribution in [0.1, 0.15) is 54.6 Å². The summed E-state index contributed by atoms with van der Waals surface area (Å²) in [4.78, 5) is 25.2. The summed E-state index contributed by atoms with van der Waals surface area (Å²) in [5.74, 6) is 5.46. The van der Waals surface area contributed by atoms with Gasteiger partial charge in [-0.05, 0) is 56.9 Å². The molecule has 1 fully saturated rings. The van der Waals surface area contributed by atoms with Crippen molar-refractivity contribution < 1.29 is 18.0 Å². The van der Waals surface area contributed by atoms with Crippen LogP contribution in [0.2, 0.25) is 0 Å². The Balaban J connectivity index is 1.36. The smallest absolute Gasteiger partial charge is 0.383 e. The monoisotopic (exact) mass is 548 g/mol. The standard InChI is InChI=1S/C28H27F3N8O/c1-2-3-13-33-20-8-10-21(11-9-20)39-26-23(25(32)35-16-36-26)24(38-39)17-4-6-18(7-5-17)27(40)37-22-15-19(12-14-34-22)28(29,30)31/h4-7,12,14-16,20-21,33H,8-11,13H2,1H3,(H2,32,35,36)(H,34,37,40). The van der Waals surface area contributed by atoms with Crippen LogP contribution in [0, 0.1) is 11.8 Å². The van der Waals surface area contributed by atoms with Gasteiger partial charge in [0.2, 0.25) is 0 Å². The molecule has 0 aliphatic heterocycles. The Labute approximate surface area is 228 Å². The number of carbonyl (C=O) groups is 1. The summed E-state index contributed by atoms with van der Waals surface area (Å²) in [6.45, 7) is 2.50. The van der Waals surface area contributed by atoms with Gasteiger partial charge in [0.25, 0.3) is 5.91 Å². The van der Waals surface area contributed by atoms with E-state index in [1.165, 1.54) is 6.33 Å². The van der Waals surface area contributed by atoms with Crippen LogP contribution in [-0.2, 0) is 6.18 Å². The Morgan fingerprint density at radius 1 is 1.10 bits per heavy atom. The summed E-state index contributed by atoms with van der Waals surface area (Å²) in [6, 6.07) is 8.74. The Morgan fingerprint density at radius 3 is 2.55 bits per heavy atom. The lowest BCUT2D eigenvalue weighted by atomic mass is 9.91. The molecule has 1 aliphatic carbocycles. The number of halogens is 3. The van der Waals surface area contributed by atoms with Crippen molar-refractivity contribution in [2.45, 2.75) is 50.9 Å². The second-order valence-electron chi connectivity index (χ2n) is 9.52. The van der Waals surface area contributed by atoms with E-state index in [0.717, 1.165) is 44.0 Å². The van der Waals surface area contributed by atoms with Gasteiger partial charge in [-0.1, -0.05) is 18.1 Å². The molecule has 206 valence electrons. The van der Waals surface area contributed by atoms with Crippen molar-refractivity contribution >= 4 is 28.6 Å². The van der Waals surface area contributed by atoms with Crippen LogP contribution in [-0.4, -0.2) is 43.2 Å². The zero-order valence-corrected chi connectivity index (χ0v) is 21.7. The topological polar surface area (TPSA) is 124 Å². The highest BCUT2D eigenvalue weighted by Crippen LogP contribution is 2.36. The summed E-state index contributed by atoms with van der Waals surface area (Å²) in [5.41, 5.74) is 7.55. The molecular formula is C28H27F3N8O. The first kappa shape index (κ1) is 27.1. The Hall–Kier alpha value is -4.50. The van der Waals surface area contributed by atoms with Gasteiger partial charge in [0.1, 0.15) is 23.7 Å². The number of hydrogen-bond donors (Lipinski definition) is 3. The van der Waals surface area contributed by atoms with Crippen LogP contribution in [0.25, 0.3) is 22.3 Å². The number of amides is 1. The highest BCUT2D eigenvalue weighted by atomic mass is 19.4. The normalized spacial score (nSPS) is 17.3. The lowest BCUT2D eigenvalue weighted by Crippen LogP contribution is -2.34. The molecule has 0 bridgehead atoms. The first-order chi connectivity index (χ1) is 19.2. The predicted octanol–water partition coefficient (Wildman–Crippen LogP) is 4.84. The number of aromatic nitrogens is 5. The minimum atomic E-state index is -4.54. The third-order valence-corrected chi connectivity index (χ3v) is 6.97. The average Bonchev–Trinajstić information content (AvgIpc) is 3.34. The molecule has 1 aliphatic rings. The number of alkyl halides is 3. The van der Waals surface area contributed by atoms with E-state index in [9.17, 15) is 18.0 Å². The predicted molar refractivity (Wildman–Crippen MR) is 145 cm³/mol. The van der Waals surface area contributed by atoms with Crippen molar-refractivity contribution in [3.05, 3.63) is 60.0 Å². The molecule has 40 heavy (non-hydrogen) atoms. The van der Waals surface area contributed by atoms with Gasteiger partial charge >= 0.3 is 6.18 Å². The number of fused-ring (bicyclic) bond motifs is 1. The van der Waals surface area contributed by atoms with Crippen molar-refractivity contribution in [2.24, 2.45) is 0 Å². The van der Waals surface area contributed by atoms with Crippen LogP contribution in [0.5, 0.6) is 0 Å². The number of anilines is 2. The average molecular weight is 549 g/mol.